The molecule has 0 atom stereocenters. The number of amides is 1. The number of halogens is 5. The van der Waals surface area contributed by atoms with Gasteiger partial charge in [-0.2, -0.15) is 5.10 Å². The highest BCUT2D eigenvalue weighted by Crippen LogP contribution is 3.02. The Morgan fingerprint density at radius 2 is 1.73 bits per heavy atom. The number of anilines is 1. The van der Waals surface area contributed by atoms with Gasteiger partial charge in [-0.05, 0) is 61.4 Å². The van der Waals surface area contributed by atoms with Crippen LogP contribution < -0.4 is 5.32 Å². The third kappa shape index (κ3) is 4.67. The third-order valence-electron chi connectivity index (χ3n) is 5.94. The Hall–Kier alpha value is -4.19. The molecule has 0 saturated carbocycles. The van der Waals surface area contributed by atoms with Crippen molar-refractivity contribution in [1.29, 1.82) is 0 Å². The Morgan fingerprint density at radius 1 is 0.946 bits per heavy atom. The molecule has 192 valence electrons. The number of benzene rings is 2. The minimum atomic E-state index is -9.93. The van der Waals surface area contributed by atoms with E-state index in [9.17, 15) is 24.2 Å². The molecule has 0 saturated heterocycles. The van der Waals surface area contributed by atoms with Crippen molar-refractivity contribution >= 4 is 27.5 Å². The molecule has 5 rings (SSSR count). The van der Waals surface area contributed by atoms with Gasteiger partial charge in [0.25, 0.3) is 5.91 Å². The largest absolute Gasteiger partial charge is 0.322 e. The number of rotatable bonds is 5. The van der Waals surface area contributed by atoms with Crippen molar-refractivity contribution in [2.45, 2.75) is 18.7 Å². The van der Waals surface area contributed by atoms with Crippen molar-refractivity contribution in [2.75, 3.05) is 5.32 Å². The number of carbonyl (C=O) groups excluding carboxylic acids is 1. The fraction of sp³-hybridized carbons (Fsp3) is 0.0800. The summed E-state index contributed by atoms with van der Waals surface area (Å²) < 4.78 is 69.7. The lowest BCUT2D eigenvalue weighted by Gasteiger charge is -2.40. The van der Waals surface area contributed by atoms with E-state index in [-0.39, 0.29) is 12.1 Å². The van der Waals surface area contributed by atoms with E-state index in [0.29, 0.717) is 16.9 Å². The van der Waals surface area contributed by atoms with Gasteiger partial charge < -0.3 is 5.32 Å². The summed E-state index contributed by atoms with van der Waals surface area (Å²) in [5, 5.41) is 7.13. The maximum absolute atomic E-state index is 13.2. The molecule has 12 heteroatoms. The van der Waals surface area contributed by atoms with Gasteiger partial charge in [-0.25, -0.2) is 4.52 Å². The maximum atomic E-state index is 13.2. The van der Waals surface area contributed by atoms with Gasteiger partial charge in [0.15, 0.2) is 0 Å². The molecule has 0 aliphatic rings. The molecule has 0 radical (unpaired) electrons. The zero-order valence-electron chi connectivity index (χ0n) is 19.5. The predicted molar refractivity (Wildman–Crippen MR) is 133 cm³/mol. The van der Waals surface area contributed by atoms with Crippen molar-refractivity contribution < 1.29 is 24.2 Å². The number of nitrogens with one attached hydrogen (secondary N) is 1. The number of imidazole rings is 1. The molecule has 0 fully saturated rings. The summed E-state index contributed by atoms with van der Waals surface area (Å²) in [6.07, 6.45) is 6.93. The van der Waals surface area contributed by atoms with E-state index >= 15 is 0 Å². The van der Waals surface area contributed by atoms with Gasteiger partial charge in [-0.3, -0.25) is 14.3 Å². The molecule has 0 aliphatic carbocycles. The number of hydrogen-bond acceptors (Lipinski definition) is 3. The summed E-state index contributed by atoms with van der Waals surface area (Å²) in [4.78, 5) is 14.8. The average molecular weight is 534 g/mol. The van der Waals surface area contributed by atoms with Crippen LogP contribution in [0.4, 0.5) is 25.1 Å². The first-order valence-corrected chi connectivity index (χ1v) is 12.9. The van der Waals surface area contributed by atoms with Crippen molar-refractivity contribution in [3.8, 4) is 16.9 Å². The smallest absolute Gasteiger partial charge is 0.310 e. The Labute approximate surface area is 208 Å². The van der Waals surface area contributed by atoms with Crippen LogP contribution in [0.2, 0.25) is 0 Å². The lowest BCUT2D eigenvalue weighted by atomic mass is 10.1. The average Bonchev–Trinajstić information content (AvgIpc) is 3.42. The number of pyridine rings is 1. The lowest BCUT2D eigenvalue weighted by Crippen LogP contribution is -2.15. The Kier molecular flexibility index (Phi) is 5.07. The molecule has 3 heterocycles. The number of carbonyl (C=O) groups is 1. The molecule has 1 N–H and O–H groups in total. The summed E-state index contributed by atoms with van der Waals surface area (Å²) in [7, 11) is -9.93. The van der Waals surface area contributed by atoms with Crippen LogP contribution >= 0.6 is 10.2 Å². The molecule has 5 aromatic rings. The van der Waals surface area contributed by atoms with Crippen LogP contribution in [0.15, 0.2) is 84.3 Å². The second-order valence-electron chi connectivity index (χ2n) is 8.60. The third-order valence-corrected chi connectivity index (χ3v) is 7.09. The number of hydrogen-bond donors (Lipinski definition) is 1. The molecule has 0 unspecified atom stereocenters. The molecule has 0 aliphatic heterocycles. The van der Waals surface area contributed by atoms with E-state index in [1.807, 2.05) is 23.6 Å². The molecule has 1 amide bonds. The van der Waals surface area contributed by atoms with Crippen LogP contribution in [-0.2, 0) is 0 Å². The summed E-state index contributed by atoms with van der Waals surface area (Å²) in [5.74, 6) is -0.942. The van der Waals surface area contributed by atoms with Gasteiger partial charge in [0, 0.05) is 47.7 Å². The zero-order chi connectivity index (χ0) is 26.7. The number of fused-ring (bicyclic) bond motifs is 1. The second kappa shape index (κ2) is 7.65. The highest BCUT2D eigenvalue weighted by molar-refractivity contribution is 8.45. The van der Waals surface area contributed by atoms with Crippen molar-refractivity contribution in [3.05, 3.63) is 96.1 Å². The standard InChI is InChI=1S/C25H20F5N5OS/c1-16-8-9-21(32-25(36)18-5-3-7-20(13-18)37(26,27,28,29)30)17(2)24(16)34-11-12-35-23(34)14-22(33-35)19-6-4-10-31-15-19/h3-15H,1-2H3,(H,32,36). The first-order chi connectivity index (χ1) is 17.2. The van der Waals surface area contributed by atoms with Gasteiger partial charge in [-0.1, -0.05) is 31.6 Å². The van der Waals surface area contributed by atoms with Crippen LogP contribution in [-0.4, -0.2) is 25.1 Å². The topological polar surface area (TPSA) is 64.2 Å². The van der Waals surface area contributed by atoms with E-state index in [4.69, 9.17) is 0 Å². The summed E-state index contributed by atoms with van der Waals surface area (Å²) in [5.41, 5.74) is 4.28. The molecule has 6 nitrogen and oxygen atoms in total. The normalized spacial score (nSPS) is 13.8. The minimum absolute atomic E-state index is 0.170. The summed E-state index contributed by atoms with van der Waals surface area (Å²) >= 11 is 0. The van der Waals surface area contributed by atoms with E-state index in [0.717, 1.165) is 34.6 Å². The van der Waals surface area contributed by atoms with Crippen molar-refractivity contribution in [2.24, 2.45) is 0 Å². The highest BCUT2D eigenvalue weighted by Gasteiger charge is 2.65. The fourth-order valence-electron chi connectivity index (χ4n) is 4.14. The molecule has 2 aromatic carbocycles. The van der Waals surface area contributed by atoms with E-state index in [1.165, 1.54) is 0 Å². The van der Waals surface area contributed by atoms with E-state index in [2.05, 4.69) is 15.4 Å². The Bertz CT molecular complexity index is 1680. The van der Waals surface area contributed by atoms with Crippen molar-refractivity contribution in [3.63, 3.8) is 0 Å². The molecular weight excluding hydrogens is 513 g/mol. The first kappa shape index (κ1) is 24.5. The van der Waals surface area contributed by atoms with Gasteiger partial charge in [0.2, 0.25) is 0 Å². The van der Waals surface area contributed by atoms with E-state index < -0.39 is 26.6 Å². The van der Waals surface area contributed by atoms with Crippen LogP contribution in [0.5, 0.6) is 0 Å². The van der Waals surface area contributed by atoms with Gasteiger partial charge in [-0.15, -0.1) is 0 Å². The number of aromatic nitrogens is 4. The quantitative estimate of drug-likeness (QED) is 0.235. The number of aryl methyl sites for hydroxylation is 1. The van der Waals surface area contributed by atoms with Crippen LogP contribution in [0.1, 0.15) is 21.5 Å². The molecule has 3 aromatic heterocycles. The Balaban J connectivity index is 1.51. The maximum Gasteiger partial charge on any atom is 0.310 e. The van der Waals surface area contributed by atoms with Gasteiger partial charge in [0.1, 0.15) is 10.5 Å². The molecular formula is C25H20F5N5OS. The summed E-state index contributed by atoms with van der Waals surface area (Å²) in [6.45, 7) is 3.62. The first-order valence-electron chi connectivity index (χ1n) is 10.9. The van der Waals surface area contributed by atoms with Crippen molar-refractivity contribution in [1.82, 2.24) is 19.2 Å². The zero-order valence-corrected chi connectivity index (χ0v) is 20.3. The van der Waals surface area contributed by atoms with Crippen LogP contribution in [0.25, 0.3) is 22.6 Å². The van der Waals surface area contributed by atoms with E-state index in [1.54, 1.807) is 54.4 Å². The fourth-order valence-corrected chi connectivity index (χ4v) is 4.82. The predicted octanol–water partition coefficient (Wildman–Crippen LogP) is 7.71. The van der Waals surface area contributed by atoms with Crippen LogP contribution in [0.3, 0.4) is 0 Å². The SMILES string of the molecule is Cc1ccc(NC(=O)c2cccc(S(F)(F)(F)(F)F)c2)c(C)c1-n1ccn2nc(-c3cccnc3)cc12. The number of nitrogens with zero attached hydrogens (tertiary/aromatic N) is 4. The lowest BCUT2D eigenvalue weighted by molar-refractivity contribution is 0.102. The minimum Gasteiger partial charge on any atom is -0.322 e. The second-order valence-corrected chi connectivity index (χ2v) is 11.0. The molecule has 0 spiro atoms. The van der Waals surface area contributed by atoms with Gasteiger partial charge >= 0.3 is 10.2 Å². The highest BCUT2D eigenvalue weighted by atomic mass is 32.5. The monoisotopic (exact) mass is 533 g/mol. The van der Waals surface area contributed by atoms with Gasteiger partial charge in [0.05, 0.1) is 11.4 Å². The summed E-state index contributed by atoms with van der Waals surface area (Å²) in [6, 6.07) is 11.2. The Morgan fingerprint density at radius 3 is 2.43 bits per heavy atom. The van der Waals surface area contributed by atoms with Crippen LogP contribution in [0, 0.1) is 13.8 Å². The molecule has 37 heavy (non-hydrogen) atoms. The molecule has 0 bridgehead atoms.